The normalized spacial score (nSPS) is 18.2. The molecule has 3 amide bonds. The highest BCUT2D eigenvalue weighted by molar-refractivity contribution is 5.95. The van der Waals surface area contributed by atoms with E-state index in [4.69, 9.17) is 4.74 Å². The van der Waals surface area contributed by atoms with Gasteiger partial charge in [-0.3, -0.25) is 9.78 Å². The summed E-state index contributed by atoms with van der Waals surface area (Å²) < 4.78 is 5.50. The molecular weight excluding hydrogens is 344 g/mol. The number of nitrogens with one attached hydrogen (secondary N) is 2. The molecule has 4 rings (SSSR count). The maximum Gasteiger partial charge on any atom is 0.322 e. The van der Waals surface area contributed by atoms with Crippen LogP contribution in [-0.4, -0.2) is 41.1 Å². The van der Waals surface area contributed by atoms with E-state index in [-0.39, 0.29) is 18.0 Å². The Morgan fingerprint density at radius 3 is 2.70 bits per heavy atom. The predicted molar refractivity (Wildman–Crippen MR) is 100 cm³/mol. The van der Waals surface area contributed by atoms with Gasteiger partial charge in [0.25, 0.3) is 5.91 Å². The maximum absolute atomic E-state index is 12.5. The Bertz CT molecular complexity index is 806. The van der Waals surface area contributed by atoms with E-state index in [2.05, 4.69) is 15.6 Å². The second-order valence-electron chi connectivity index (χ2n) is 6.85. The van der Waals surface area contributed by atoms with Gasteiger partial charge in [-0.2, -0.15) is 0 Å². The number of aromatic nitrogens is 1. The van der Waals surface area contributed by atoms with E-state index in [0.29, 0.717) is 30.9 Å². The third-order valence-corrected chi connectivity index (χ3v) is 4.93. The topological polar surface area (TPSA) is 83.6 Å². The van der Waals surface area contributed by atoms with Crippen LogP contribution in [0.25, 0.3) is 0 Å². The Kier molecular flexibility index (Phi) is 5.02. The quantitative estimate of drug-likeness (QED) is 0.871. The Labute approximate surface area is 157 Å². The number of amides is 3. The van der Waals surface area contributed by atoms with Crippen molar-refractivity contribution in [2.75, 3.05) is 18.5 Å². The number of ether oxygens (including phenoxy) is 1. The molecule has 2 N–H and O–H groups in total. The van der Waals surface area contributed by atoms with Crippen molar-refractivity contribution in [3.05, 3.63) is 59.4 Å². The molecule has 1 fully saturated rings. The Hall–Kier alpha value is -2.93. The van der Waals surface area contributed by atoms with Crippen LogP contribution < -0.4 is 10.6 Å². The van der Waals surface area contributed by atoms with Crippen molar-refractivity contribution in [3.63, 3.8) is 0 Å². The van der Waals surface area contributed by atoms with Gasteiger partial charge in [0.1, 0.15) is 0 Å². The Morgan fingerprint density at radius 1 is 1.15 bits per heavy atom. The van der Waals surface area contributed by atoms with Gasteiger partial charge in [-0.25, -0.2) is 4.79 Å². The zero-order valence-corrected chi connectivity index (χ0v) is 15.0. The summed E-state index contributed by atoms with van der Waals surface area (Å²) in [4.78, 5) is 30.5. The fraction of sp³-hybridized carbons (Fsp3) is 0.350. The summed E-state index contributed by atoms with van der Waals surface area (Å²) in [7, 11) is 0. The van der Waals surface area contributed by atoms with Crippen LogP contribution >= 0.6 is 0 Å². The average molecular weight is 366 g/mol. The predicted octanol–water partition coefficient (Wildman–Crippen LogP) is 2.54. The molecule has 0 spiro atoms. The minimum absolute atomic E-state index is 0.118. The first-order valence-corrected chi connectivity index (χ1v) is 9.16. The van der Waals surface area contributed by atoms with Crippen molar-refractivity contribution >= 4 is 17.6 Å². The number of carbonyl (C=O) groups is 2. The van der Waals surface area contributed by atoms with Crippen LogP contribution in [0, 0.1) is 0 Å². The minimum atomic E-state index is -0.165. The van der Waals surface area contributed by atoms with Crippen LogP contribution in [0.1, 0.15) is 34.3 Å². The summed E-state index contributed by atoms with van der Waals surface area (Å²) in [5.74, 6) is -0.133. The number of anilines is 1. The molecule has 1 atom stereocenters. The number of hydrogen-bond acceptors (Lipinski definition) is 4. The van der Waals surface area contributed by atoms with E-state index >= 15 is 0 Å². The largest absolute Gasteiger partial charge is 0.376 e. The van der Waals surface area contributed by atoms with Crippen molar-refractivity contribution in [3.8, 4) is 0 Å². The Morgan fingerprint density at radius 2 is 1.96 bits per heavy atom. The monoisotopic (exact) mass is 366 g/mol. The number of pyridine rings is 1. The third-order valence-electron chi connectivity index (χ3n) is 4.93. The van der Waals surface area contributed by atoms with Crippen LogP contribution in [-0.2, 0) is 17.8 Å². The van der Waals surface area contributed by atoms with Gasteiger partial charge >= 0.3 is 6.03 Å². The number of rotatable bonds is 4. The lowest BCUT2D eigenvalue weighted by molar-refractivity contribution is 0.0858. The number of fused-ring (bicyclic) bond motifs is 1. The summed E-state index contributed by atoms with van der Waals surface area (Å²) in [6.45, 7) is 2.43. The van der Waals surface area contributed by atoms with Gasteiger partial charge in [0.2, 0.25) is 0 Å². The summed E-state index contributed by atoms with van der Waals surface area (Å²) in [6, 6.07) is 8.67. The van der Waals surface area contributed by atoms with Crippen LogP contribution in [0.3, 0.4) is 0 Å². The SMILES string of the molecule is O=C(NC[C@@H]1CCCO1)c1ccc(NC(=O)N2Cc3ccncc3C2)cc1. The van der Waals surface area contributed by atoms with Crippen molar-refractivity contribution in [1.82, 2.24) is 15.2 Å². The molecule has 0 radical (unpaired) electrons. The molecule has 140 valence electrons. The summed E-state index contributed by atoms with van der Waals surface area (Å²) in [6.07, 6.45) is 5.69. The number of nitrogens with zero attached hydrogens (tertiary/aromatic N) is 2. The third kappa shape index (κ3) is 4.09. The smallest absolute Gasteiger partial charge is 0.322 e. The molecule has 1 aromatic heterocycles. The second kappa shape index (κ2) is 7.75. The lowest BCUT2D eigenvalue weighted by Crippen LogP contribution is -2.32. The molecule has 7 nitrogen and oxygen atoms in total. The van der Waals surface area contributed by atoms with E-state index < -0.39 is 0 Å². The first-order chi connectivity index (χ1) is 13.2. The van der Waals surface area contributed by atoms with E-state index in [0.717, 1.165) is 30.6 Å². The molecule has 0 saturated carbocycles. The molecule has 1 aromatic carbocycles. The van der Waals surface area contributed by atoms with E-state index in [1.165, 1.54) is 0 Å². The molecule has 0 unspecified atom stereocenters. The zero-order chi connectivity index (χ0) is 18.6. The van der Waals surface area contributed by atoms with Crippen molar-refractivity contribution in [1.29, 1.82) is 0 Å². The fourth-order valence-corrected chi connectivity index (χ4v) is 3.38. The van der Waals surface area contributed by atoms with Gasteiger partial charge < -0.3 is 20.3 Å². The van der Waals surface area contributed by atoms with Crippen molar-refractivity contribution in [2.45, 2.75) is 32.0 Å². The number of benzene rings is 1. The molecule has 2 aromatic rings. The molecule has 7 heteroatoms. The molecule has 2 aliphatic rings. The van der Waals surface area contributed by atoms with E-state index in [1.807, 2.05) is 6.07 Å². The van der Waals surface area contributed by atoms with Gasteiger partial charge in [0, 0.05) is 49.9 Å². The van der Waals surface area contributed by atoms with E-state index in [1.54, 1.807) is 41.6 Å². The minimum Gasteiger partial charge on any atom is -0.376 e. The van der Waals surface area contributed by atoms with Gasteiger partial charge in [-0.05, 0) is 54.3 Å². The molecule has 2 aliphatic heterocycles. The van der Waals surface area contributed by atoms with E-state index in [9.17, 15) is 9.59 Å². The van der Waals surface area contributed by atoms with Gasteiger partial charge in [0.05, 0.1) is 6.10 Å². The molecule has 0 bridgehead atoms. The van der Waals surface area contributed by atoms with Crippen LogP contribution in [0.4, 0.5) is 10.5 Å². The number of hydrogen-bond donors (Lipinski definition) is 2. The van der Waals surface area contributed by atoms with Gasteiger partial charge in [0.15, 0.2) is 0 Å². The molecule has 27 heavy (non-hydrogen) atoms. The van der Waals surface area contributed by atoms with Gasteiger partial charge in [-0.1, -0.05) is 0 Å². The number of urea groups is 1. The van der Waals surface area contributed by atoms with Crippen LogP contribution in [0.5, 0.6) is 0 Å². The highest BCUT2D eigenvalue weighted by Crippen LogP contribution is 2.22. The highest BCUT2D eigenvalue weighted by atomic mass is 16.5. The fourth-order valence-electron chi connectivity index (χ4n) is 3.38. The molecule has 1 saturated heterocycles. The van der Waals surface area contributed by atoms with Crippen molar-refractivity contribution in [2.24, 2.45) is 0 Å². The van der Waals surface area contributed by atoms with Crippen LogP contribution in [0.2, 0.25) is 0 Å². The summed E-state index contributed by atoms with van der Waals surface area (Å²) in [5, 5.41) is 5.77. The maximum atomic E-state index is 12.5. The first-order valence-electron chi connectivity index (χ1n) is 9.16. The average Bonchev–Trinajstić information content (AvgIpc) is 3.36. The summed E-state index contributed by atoms with van der Waals surface area (Å²) in [5.41, 5.74) is 3.42. The molecule has 0 aliphatic carbocycles. The summed E-state index contributed by atoms with van der Waals surface area (Å²) >= 11 is 0. The lowest BCUT2D eigenvalue weighted by Gasteiger charge is -2.16. The zero-order valence-electron chi connectivity index (χ0n) is 15.0. The molecular formula is C20H22N4O3. The number of carbonyl (C=O) groups excluding carboxylic acids is 2. The second-order valence-corrected chi connectivity index (χ2v) is 6.85. The van der Waals surface area contributed by atoms with Crippen LogP contribution in [0.15, 0.2) is 42.7 Å². The van der Waals surface area contributed by atoms with Gasteiger partial charge in [-0.15, -0.1) is 0 Å². The highest BCUT2D eigenvalue weighted by Gasteiger charge is 2.23. The molecule has 3 heterocycles. The first kappa shape index (κ1) is 17.5. The van der Waals surface area contributed by atoms with Crippen molar-refractivity contribution < 1.29 is 14.3 Å². The Balaban J connectivity index is 1.30. The lowest BCUT2D eigenvalue weighted by atomic mass is 10.2. The standard InChI is InChI=1S/C20H22N4O3/c25-19(22-11-18-2-1-9-27-18)14-3-5-17(6-4-14)23-20(26)24-12-15-7-8-21-10-16(15)13-24/h3-8,10,18H,1-2,9,11-13H2,(H,22,25)(H,23,26)/t18-/m0/s1.